The van der Waals surface area contributed by atoms with E-state index in [0.29, 0.717) is 19.4 Å². The number of hydrogen-bond donors (Lipinski definition) is 3. The van der Waals surface area contributed by atoms with E-state index in [1.54, 1.807) is 0 Å². The summed E-state index contributed by atoms with van der Waals surface area (Å²) in [5.74, 6) is -0.815. The molecule has 0 saturated heterocycles. The Bertz CT molecular complexity index is 459. The van der Waals surface area contributed by atoms with E-state index in [1.807, 2.05) is 39.0 Å². The number of aryl methyl sites for hydroxylation is 2. The van der Waals surface area contributed by atoms with Crippen molar-refractivity contribution in [1.29, 1.82) is 0 Å². The summed E-state index contributed by atoms with van der Waals surface area (Å²) in [6.07, 6.45) is 2.46. The van der Waals surface area contributed by atoms with Gasteiger partial charge in [-0.2, -0.15) is 0 Å². The molecule has 4 heteroatoms. The smallest absolute Gasteiger partial charge is 0.320 e. The lowest BCUT2D eigenvalue weighted by Crippen LogP contribution is -2.37. The molecule has 2 unspecified atom stereocenters. The van der Waals surface area contributed by atoms with E-state index < -0.39 is 18.1 Å². The maximum absolute atomic E-state index is 11.1. The van der Waals surface area contributed by atoms with Crippen molar-refractivity contribution < 1.29 is 15.0 Å². The van der Waals surface area contributed by atoms with Gasteiger partial charge in [0.1, 0.15) is 6.04 Å². The lowest BCUT2D eigenvalue weighted by molar-refractivity contribution is -0.139. The van der Waals surface area contributed by atoms with Gasteiger partial charge in [0.2, 0.25) is 0 Å². The van der Waals surface area contributed by atoms with Gasteiger partial charge in [0, 0.05) is 0 Å². The SMILES string of the molecule is CCCCC(NCCC(O)c1cc(C)ccc1C)C(=O)O. The van der Waals surface area contributed by atoms with Crippen LogP contribution in [0, 0.1) is 13.8 Å². The maximum Gasteiger partial charge on any atom is 0.320 e. The van der Waals surface area contributed by atoms with Crippen LogP contribution >= 0.6 is 0 Å². The van der Waals surface area contributed by atoms with Gasteiger partial charge in [-0.3, -0.25) is 4.79 Å². The Balaban J connectivity index is 2.50. The summed E-state index contributed by atoms with van der Waals surface area (Å²) in [6.45, 7) is 6.52. The van der Waals surface area contributed by atoms with Gasteiger partial charge in [0.15, 0.2) is 0 Å². The van der Waals surface area contributed by atoms with Gasteiger partial charge < -0.3 is 15.5 Å². The third-order valence-corrected chi connectivity index (χ3v) is 3.75. The van der Waals surface area contributed by atoms with Gasteiger partial charge in [-0.15, -0.1) is 0 Å². The van der Waals surface area contributed by atoms with Crippen molar-refractivity contribution in [3.63, 3.8) is 0 Å². The van der Waals surface area contributed by atoms with Crippen LogP contribution in [0.5, 0.6) is 0 Å². The normalized spacial score (nSPS) is 13.9. The van der Waals surface area contributed by atoms with Crippen molar-refractivity contribution in [1.82, 2.24) is 5.32 Å². The molecular formula is C17H27NO3. The third-order valence-electron chi connectivity index (χ3n) is 3.75. The standard InChI is InChI=1S/C17H27NO3/c1-4-5-6-15(17(20)21)18-10-9-16(19)14-11-12(2)7-8-13(14)3/h7-8,11,15-16,18-19H,4-6,9-10H2,1-3H3,(H,20,21). The molecule has 1 rings (SSSR count). The molecule has 0 bridgehead atoms. The predicted octanol–water partition coefficient (Wildman–Crippen LogP) is 2.96. The lowest BCUT2D eigenvalue weighted by atomic mass is 9.99. The van der Waals surface area contributed by atoms with Crippen LogP contribution in [0.1, 0.15) is 55.4 Å². The molecule has 2 atom stereocenters. The second-order valence-electron chi connectivity index (χ2n) is 5.65. The summed E-state index contributed by atoms with van der Waals surface area (Å²) in [5.41, 5.74) is 3.11. The van der Waals surface area contributed by atoms with Crippen LogP contribution in [0.4, 0.5) is 0 Å². The summed E-state index contributed by atoms with van der Waals surface area (Å²) in [6, 6.07) is 5.50. The molecule has 0 heterocycles. The molecule has 0 aromatic heterocycles. The highest BCUT2D eigenvalue weighted by Gasteiger charge is 2.17. The monoisotopic (exact) mass is 293 g/mol. The molecule has 0 aliphatic heterocycles. The van der Waals surface area contributed by atoms with Crippen LogP contribution in [-0.4, -0.2) is 28.8 Å². The van der Waals surface area contributed by atoms with Crippen molar-refractivity contribution in [2.45, 2.75) is 58.6 Å². The van der Waals surface area contributed by atoms with Gasteiger partial charge in [0.05, 0.1) is 6.10 Å². The molecule has 0 saturated carbocycles. The second kappa shape index (κ2) is 8.80. The van der Waals surface area contributed by atoms with Crippen molar-refractivity contribution in [3.05, 3.63) is 34.9 Å². The predicted molar refractivity (Wildman–Crippen MR) is 84.4 cm³/mol. The number of rotatable bonds is 9. The van der Waals surface area contributed by atoms with Crippen LogP contribution in [0.2, 0.25) is 0 Å². The number of aliphatic hydroxyl groups is 1. The number of hydrogen-bond acceptors (Lipinski definition) is 3. The first-order valence-corrected chi connectivity index (χ1v) is 7.67. The van der Waals surface area contributed by atoms with E-state index >= 15 is 0 Å². The summed E-state index contributed by atoms with van der Waals surface area (Å²) >= 11 is 0. The molecule has 4 nitrogen and oxygen atoms in total. The van der Waals surface area contributed by atoms with Crippen molar-refractivity contribution in [3.8, 4) is 0 Å². The zero-order chi connectivity index (χ0) is 15.8. The minimum absolute atomic E-state index is 0.495. The molecule has 0 aliphatic carbocycles. The summed E-state index contributed by atoms with van der Waals surface area (Å²) in [4.78, 5) is 11.1. The molecule has 118 valence electrons. The maximum atomic E-state index is 11.1. The van der Waals surface area contributed by atoms with Crippen molar-refractivity contribution in [2.75, 3.05) is 6.54 Å². The Morgan fingerprint density at radius 2 is 2.00 bits per heavy atom. The van der Waals surface area contributed by atoms with Crippen LogP contribution in [-0.2, 0) is 4.79 Å². The van der Waals surface area contributed by atoms with E-state index in [-0.39, 0.29) is 0 Å². The molecule has 3 N–H and O–H groups in total. The molecule has 0 amide bonds. The Hall–Kier alpha value is -1.39. The first-order chi connectivity index (χ1) is 9.95. The number of nitrogens with one attached hydrogen (secondary N) is 1. The fraction of sp³-hybridized carbons (Fsp3) is 0.588. The number of benzene rings is 1. The van der Waals surface area contributed by atoms with Gasteiger partial charge in [-0.25, -0.2) is 0 Å². The topological polar surface area (TPSA) is 69.6 Å². The van der Waals surface area contributed by atoms with E-state index in [0.717, 1.165) is 29.5 Å². The van der Waals surface area contributed by atoms with E-state index in [1.165, 1.54) is 0 Å². The third kappa shape index (κ3) is 5.86. The van der Waals surface area contributed by atoms with Crippen LogP contribution in [0.3, 0.4) is 0 Å². The second-order valence-corrected chi connectivity index (χ2v) is 5.65. The van der Waals surface area contributed by atoms with Crippen LogP contribution in [0.25, 0.3) is 0 Å². The van der Waals surface area contributed by atoms with E-state index in [2.05, 4.69) is 5.32 Å². The number of aliphatic carboxylic acids is 1. The number of carboxylic acid groups (broad SMARTS) is 1. The molecule has 1 aromatic rings. The molecule has 0 aliphatic rings. The molecule has 0 radical (unpaired) electrons. The Labute approximate surface area is 127 Å². The number of aliphatic hydroxyl groups excluding tert-OH is 1. The fourth-order valence-electron chi connectivity index (χ4n) is 2.39. The molecular weight excluding hydrogens is 266 g/mol. The summed E-state index contributed by atoms with van der Waals surface area (Å²) in [7, 11) is 0. The largest absolute Gasteiger partial charge is 0.480 e. The van der Waals surface area contributed by atoms with Crippen molar-refractivity contribution >= 4 is 5.97 Å². The average molecular weight is 293 g/mol. The highest BCUT2D eigenvalue weighted by molar-refractivity contribution is 5.73. The highest BCUT2D eigenvalue weighted by Crippen LogP contribution is 2.21. The van der Waals surface area contributed by atoms with Gasteiger partial charge >= 0.3 is 5.97 Å². The minimum atomic E-state index is -0.815. The Kier molecular flexibility index (Phi) is 7.40. The number of carbonyl (C=O) groups is 1. The van der Waals surface area contributed by atoms with E-state index in [4.69, 9.17) is 5.11 Å². The highest BCUT2D eigenvalue weighted by atomic mass is 16.4. The lowest BCUT2D eigenvalue weighted by Gasteiger charge is -2.17. The average Bonchev–Trinajstić information content (AvgIpc) is 2.44. The molecule has 1 aromatic carbocycles. The van der Waals surface area contributed by atoms with Gasteiger partial charge in [-0.05, 0) is 44.4 Å². The zero-order valence-corrected chi connectivity index (χ0v) is 13.2. The van der Waals surface area contributed by atoms with Crippen LogP contribution < -0.4 is 5.32 Å². The number of unbranched alkanes of at least 4 members (excludes halogenated alkanes) is 1. The molecule has 0 fully saturated rings. The Morgan fingerprint density at radius 1 is 1.29 bits per heavy atom. The molecule has 0 spiro atoms. The summed E-state index contributed by atoms with van der Waals surface area (Å²) in [5, 5.41) is 22.4. The quantitative estimate of drug-likeness (QED) is 0.654. The zero-order valence-electron chi connectivity index (χ0n) is 13.2. The van der Waals surface area contributed by atoms with Crippen LogP contribution in [0.15, 0.2) is 18.2 Å². The fourth-order valence-corrected chi connectivity index (χ4v) is 2.39. The summed E-state index contributed by atoms with van der Waals surface area (Å²) < 4.78 is 0. The van der Waals surface area contributed by atoms with Gasteiger partial charge in [-0.1, -0.05) is 43.5 Å². The van der Waals surface area contributed by atoms with Gasteiger partial charge in [0.25, 0.3) is 0 Å². The van der Waals surface area contributed by atoms with E-state index in [9.17, 15) is 9.90 Å². The first kappa shape index (κ1) is 17.7. The van der Waals surface area contributed by atoms with Crippen molar-refractivity contribution in [2.24, 2.45) is 0 Å². The first-order valence-electron chi connectivity index (χ1n) is 7.67. The minimum Gasteiger partial charge on any atom is -0.480 e. The number of carboxylic acids is 1. The Morgan fingerprint density at radius 3 is 2.62 bits per heavy atom. The molecule has 21 heavy (non-hydrogen) atoms.